The first-order valence-electron chi connectivity index (χ1n) is 2.47. The topological polar surface area (TPSA) is 0 Å². The van der Waals surface area contributed by atoms with Crippen molar-refractivity contribution in [3.05, 3.63) is 30.3 Å². The van der Waals surface area contributed by atoms with Crippen LogP contribution in [0.3, 0.4) is 0 Å². The van der Waals surface area contributed by atoms with Crippen molar-refractivity contribution in [3.63, 3.8) is 0 Å². The zero-order chi connectivity index (χ0) is 6.69. The third-order valence-electron chi connectivity index (χ3n) is 0.951. The van der Waals surface area contributed by atoms with Crippen molar-refractivity contribution in [2.75, 3.05) is 0 Å². The predicted octanol–water partition coefficient (Wildman–Crippen LogP) is 1.32. The van der Waals surface area contributed by atoms with Gasteiger partial charge in [0.25, 0.3) is 0 Å². The summed E-state index contributed by atoms with van der Waals surface area (Å²) in [6.45, 7) is 0. The third-order valence-corrected chi connectivity index (χ3v) is 3.63. The fraction of sp³-hybridized carbons (Fsp3) is 0. The first-order chi connectivity index (χ1) is 4.30. The van der Waals surface area contributed by atoms with Crippen molar-refractivity contribution in [1.29, 1.82) is 0 Å². The van der Waals surface area contributed by atoms with Crippen LogP contribution >= 0.6 is 0 Å². The Labute approximate surface area is 62.0 Å². The molecule has 1 rings (SSSR count). The van der Waals surface area contributed by atoms with Crippen molar-refractivity contribution in [1.82, 2.24) is 0 Å². The Morgan fingerprint density at radius 3 is 1.89 bits per heavy atom. The number of halogens is 2. The van der Waals surface area contributed by atoms with Gasteiger partial charge in [0.1, 0.15) is 0 Å². The molecule has 0 radical (unpaired) electrons. The molecule has 0 nitrogen and oxygen atoms in total. The quantitative estimate of drug-likeness (QED) is 0.684. The van der Waals surface area contributed by atoms with Gasteiger partial charge in [-0.05, 0) is 0 Å². The van der Waals surface area contributed by atoms with Gasteiger partial charge >= 0.3 is 61.8 Å². The molecule has 1 aromatic rings. The van der Waals surface area contributed by atoms with Crippen LogP contribution in [-0.2, 0) is 0 Å². The Balaban J connectivity index is 2.85. The van der Waals surface area contributed by atoms with E-state index < -0.39 is 23.0 Å². The molecule has 9 heavy (non-hydrogen) atoms. The fourth-order valence-corrected chi connectivity index (χ4v) is 2.09. The van der Waals surface area contributed by atoms with Gasteiger partial charge in [0.15, 0.2) is 0 Å². The van der Waals surface area contributed by atoms with E-state index in [-0.39, 0.29) is 3.27 Å². The molecule has 0 aliphatic rings. The SMILES string of the molecule is [F][Bi]([F])[c]1ccccc1. The van der Waals surface area contributed by atoms with E-state index in [2.05, 4.69) is 0 Å². The standard InChI is InChI=1S/C6H5.Bi.2FH/c1-2-4-6-5-3-1;;;/h1-5H;;2*1H/q;+2;;/p-2. The molecule has 48 valence electrons. The van der Waals surface area contributed by atoms with Gasteiger partial charge in [0, 0.05) is 0 Å². The summed E-state index contributed by atoms with van der Waals surface area (Å²) in [5.74, 6) is 0. The van der Waals surface area contributed by atoms with Crippen LogP contribution in [0.2, 0.25) is 0 Å². The van der Waals surface area contributed by atoms with Gasteiger partial charge in [-0.15, -0.1) is 0 Å². The number of hydrogen-bond donors (Lipinski definition) is 0. The molecule has 0 heterocycles. The van der Waals surface area contributed by atoms with Gasteiger partial charge in [0.05, 0.1) is 0 Å². The molecule has 0 spiro atoms. The number of hydrogen-bond acceptors (Lipinski definition) is 0. The summed E-state index contributed by atoms with van der Waals surface area (Å²) in [6, 6.07) is 8.04. The summed E-state index contributed by atoms with van der Waals surface area (Å²) in [5.41, 5.74) is 0. The minimum absolute atomic E-state index is 0.285. The molecule has 0 unspecified atom stereocenters. The monoisotopic (exact) mass is 324 g/mol. The van der Waals surface area contributed by atoms with Gasteiger partial charge in [-0.1, -0.05) is 0 Å². The summed E-state index contributed by atoms with van der Waals surface area (Å²) >= 11 is -4.08. The van der Waals surface area contributed by atoms with Crippen molar-refractivity contribution in [3.8, 4) is 0 Å². The predicted molar refractivity (Wildman–Crippen MR) is 34.0 cm³/mol. The van der Waals surface area contributed by atoms with Crippen molar-refractivity contribution in [2.45, 2.75) is 0 Å². The van der Waals surface area contributed by atoms with E-state index in [1.807, 2.05) is 0 Å². The first-order valence-corrected chi connectivity index (χ1v) is 6.84. The van der Waals surface area contributed by atoms with Crippen LogP contribution in [0.25, 0.3) is 0 Å². The molecule has 0 aliphatic carbocycles. The van der Waals surface area contributed by atoms with Gasteiger partial charge in [-0.25, -0.2) is 0 Å². The molecule has 0 aliphatic heterocycles. The Kier molecular flexibility index (Phi) is 2.53. The Bertz CT molecular complexity index is 174. The molecule has 0 atom stereocenters. The van der Waals surface area contributed by atoms with E-state index in [1.165, 1.54) is 12.1 Å². The fourth-order valence-electron chi connectivity index (χ4n) is 0.541. The molecule has 0 N–H and O–H groups in total. The summed E-state index contributed by atoms with van der Waals surface area (Å²) in [4.78, 5) is 0. The Morgan fingerprint density at radius 1 is 1.00 bits per heavy atom. The zero-order valence-electron chi connectivity index (χ0n) is 4.59. The zero-order valence-corrected chi connectivity index (χ0v) is 8.07. The molecule has 0 bridgehead atoms. The van der Waals surface area contributed by atoms with Crippen LogP contribution in [0, 0.1) is 0 Å². The van der Waals surface area contributed by atoms with Crippen molar-refractivity contribution >= 4 is 26.2 Å². The van der Waals surface area contributed by atoms with E-state index in [1.54, 1.807) is 18.2 Å². The van der Waals surface area contributed by atoms with Crippen LogP contribution in [0.1, 0.15) is 0 Å². The molecule has 0 aromatic heterocycles. The summed E-state index contributed by atoms with van der Waals surface area (Å²) < 4.78 is 24.2. The maximum atomic E-state index is 12.0. The van der Waals surface area contributed by atoms with Gasteiger partial charge in [-0.2, -0.15) is 0 Å². The third kappa shape index (κ3) is 1.98. The molecule has 0 saturated heterocycles. The van der Waals surface area contributed by atoms with E-state index >= 15 is 0 Å². The van der Waals surface area contributed by atoms with Crippen LogP contribution in [-0.4, -0.2) is 23.0 Å². The second kappa shape index (κ2) is 3.21. The van der Waals surface area contributed by atoms with Crippen LogP contribution < -0.4 is 3.27 Å². The van der Waals surface area contributed by atoms with Gasteiger partial charge in [0.2, 0.25) is 0 Å². The van der Waals surface area contributed by atoms with Crippen molar-refractivity contribution in [2.24, 2.45) is 0 Å². The molecule has 3 heteroatoms. The summed E-state index contributed by atoms with van der Waals surface area (Å²) in [6.07, 6.45) is 0. The molecule has 0 fully saturated rings. The van der Waals surface area contributed by atoms with Crippen molar-refractivity contribution < 1.29 is 5.25 Å². The van der Waals surface area contributed by atoms with Crippen LogP contribution in [0.15, 0.2) is 30.3 Å². The molecular formula is C6H5BiF2. The van der Waals surface area contributed by atoms with E-state index in [0.717, 1.165) is 0 Å². The number of rotatable bonds is 1. The Morgan fingerprint density at radius 2 is 1.56 bits per heavy atom. The van der Waals surface area contributed by atoms with E-state index in [0.29, 0.717) is 0 Å². The summed E-state index contributed by atoms with van der Waals surface area (Å²) in [5, 5.41) is 0. The maximum absolute atomic E-state index is 12.0. The van der Waals surface area contributed by atoms with Gasteiger partial charge < -0.3 is 0 Å². The van der Waals surface area contributed by atoms with Crippen LogP contribution in [0.5, 0.6) is 0 Å². The summed E-state index contributed by atoms with van der Waals surface area (Å²) in [7, 11) is 0. The number of benzene rings is 1. The average Bonchev–Trinajstić information content (AvgIpc) is 1.90. The second-order valence-corrected chi connectivity index (χ2v) is 5.39. The Hall–Kier alpha value is -0.0369. The molecule has 0 saturated carbocycles. The van der Waals surface area contributed by atoms with E-state index in [9.17, 15) is 5.25 Å². The normalized spacial score (nSPS) is 10.1. The molecule has 1 aromatic carbocycles. The minimum atomic E-state index is -4.08. The second-order valence-electron chi connectivity index (χ2n) is 1.57. The van der Waals surface area contributed by atoms with Gasteiger partial charge in [-0.3, -0.25) is 0 Å². The molecule has 0 amide bonds. The van der Waals surface area contributed by atoms with E-state index in [4.69, 9.17) is 0 Å². The molecular weight excluding hydrogens is 319 g/mol. The average molecular weight is 324 g/mol. The van der Waals surface area contributed by atoms with Crippen LogP contribution in [0.4, 0.5) is 5.25 Å². The first kappa shape index (κ1) is 7.07.